The van der Waals surface area contributed by atoms with Crippen LogP contribution in [0.3, 0.4) is 0 Å². The highest BCUT2D eigenvalue weighted by atomic mass is 16.1. The smallest absolute Gasteiger partial charge is 0.302 e. The van der Waals surface area contributed by atoms with Crippen molar-refractivity contribution in [3.05, 3.63) is 16.7 Å². The first-order valence-electron chi connectivity index (χ1n) is 3.40. The predicted octanol–water partition coefficient (Wildman–Crippen LogP) is -1.26. The maximum atomic E-state index is 11.1. The lowest BCUT2D eigenvalue weighted by molar-refractivity contribution is 0.548. The molecule has 0 fully saturated rings. The van der Waals surface area contributed by atoms with Crippen molar-refractivity contribution in [3.8, 4) is 0 Å². The van der Waals surface area contributed by atoms with Gasteiger partial charge in [0.1, 0.15) is 0 Å². The second kappa shape index (κ2) is 2.41. The number of aromatic amines is 1. The SMILES string of the molecule is Nc1nc(=O)c2nc[nH]c2n1C=O. The van der Waals surface area contributed by atoms with Crippen molar-refractivity contribution in [2.45, 2.75) is 0 Å². The number of hydrogen-bond acceptors (Lipinski definition) is 5. The van der Waals surface area contributed by atoms with Crippen LogP contribution >= 0.6 is 0 Å². The van der Waals surface area contributed by atoms with E-state index in [9.17, 15) is 9.59 Å². The van der Waals surface area contributed by atoms with Crippen molar-refractivity contribution >= 4 is 23.5 Å². The molecule has 0 saturated carbocycles. The molecule has 2 aromatic rings. The highest BCUT2D eigenvalue weighted by Gasteiger charge is 2.08. The van der Waals surface area contributed by atoms with Crippen LogP contribution in [-0.4, -0.2) is 25.9 Å². The molecule has 0 radical (unpaired) electrons. The molecule has 0 aromatic carbocycles. The van der Waals surface area contributed by atoms with Crippen LogP contribution in [0.5, 0.6) is 0 Å². The maximum Gasteiger partial charge on any atom is 0.302 e. The van der Waals surface area contributed by atoms with Gasteiger partial charge < -0.3 is 10.7 Å². The van der Waals surface area contributed by atoms with E-state index in [2.05, 4.69) is 15.0 Å². The number of carbonyl (C=O) groups excluding carboxylic acids is 1. The van der Waals surface area contributed by atoms with E-state index in [1.54, 1.807) is 0 Å². The summed E-state index contributed by atoms with van der Waals surface area (Å²) in [4.78, 5) is 31.4. The number of nitrogens with one attached hydrogen (secondary N) is 1. The van der Waals surface area contributed by atoms with Crippen LogP contribution in [-0.2, 0) is 4.79 Å². The van der Waals surface area contributed by atoms with Crippen molar-refractivity contribution in [2.24, 2.45) is 0 Å². The van der Waals surface area contributed by atoms with E-state index in [0.717, 1.165) is 4.57 Å². The normalized spacial score (nSPS) is 10.5. The second-order valence-corrected chi connectivity index (χ2v) is 2.35. The minimum atomic E-state index is -0.549. The molecule has 0 atom stereocenters. The number of aromatic nitrogens is 4. The number of H-pyrrole nitrogens is 1. The Morgan fingerprint density at radius 1 is 1.62 bits per heavy atom. The van der Waals surface area contributed by atoms with Gasteiger partial charge in [0.25, 0.3) is 0 Å². The number of carbonyl (C=O) groups is 1. The minimum Gasteiger partial charge on any atom is -0.369 e. The third kappa shape index (κ3) is 0.901. The lowest BCUT2D eigenvalue weighted by atomic mass is 10.5. The highest BCUT2D eigenvalue weighted by molar-refractivity contribution is 5.78. The summed E-state index contributed by atoms with van der Waals surface area (Å²) in [5.41, 5.74) is 5.14. The second-order valence-electron chi connectivity index (χ2n) is 2.35. The Balaban J connectivity index is 3.05. The highest BCUT2D eigenvalue weighted by Crippen LogP contribution is 2.04. The van der Waals surface area contributed by atoms with Crippen LogP contribution in [0.15, 0.2) is 11.1 Å². The first kappa shape index (κ1) is 7.47. The third-order valence-corrected chi connectivity index (χ3v) is 1.63. The van der Waals surface area contributed by atoms with Crippen molar-refractivity contribution in [1.29, 1.82) is 0 Å². The lowest BCUT2D eigenvalue weighted by Gasteiger charge is -1.99. The van der Waals surface area contributed by atoms with Crippen molar-refractivity contribution in [3.63, 3.8) is 0 Å². The van der Waals surface area contributed by atoms with Crippen LogP contribution in [0, 0.1) is 0 Å². The van der Waals surface area contributed by atoms with Crippen molar-refractivity contribution in [2.75, 3.05) is 5.73 Å². The number of imidazole rings is 1. The predicted molar refractivity (Wildman–Crippen MR) is 44.7 cm³/mol. The van der Waals surface area contributed by atoms with Gasteiger partial charge in [-0.05, 0) is 0 Å². The number of anilines is 1. The van der Waals surface area contributed by atoms with Gasteiger partial charge in [0.05, 0.1) is 6.33 Å². The van der Waals surface area contributed by atoms with E-state index in [4.69, 9.17) is 5.73 Å². The zero-order chi connectivity index (χ0) is 9.42. The standard InChI is InChI=1S/C6H5N5O2/c7-6-10-5(13)3-4(9-1-8-3)11(6)2-12/h1-2H,(H,8,9)(H2,7,10,13). The van der Waals surface area contributed by atoms with E-state index in [1.165, 1.54) is 6.33 Å². The van der Waals surface area contributed by atoms with Gasteiger partial charge >= 0.3 is 5.56 Å². The molecule has 3 N–H and O–H groups in total. The average Bonchev–Trinajstić information content (AvgIpc) is 2.53. The molecule has 0 aliphatic heterocycles. The first-order chi connectivity index (χ1) is 6.24. The van der Waals surface area contributed by atoms with Gasteiger partial charge in [-0.25, -0.2) is 9.55 Å². The van der Waals surface area contributed by atoms with Gasteiger partial charge in [-0.3, -0.25) is 9.59 Å². The molecule has 2 heterocycles. The van der Waals surface area contributed by atoms with Gasteiger partial charge in [-0.15, -0.1) is 0 Å². The minimum absolute atomic E-state index is 0.0984. The van der Waals surface area contributed by atoms with Crippen LogP contribution in [0.1, 0.15) is 0 Å². The molecule has 0 amide bonds. The largest absolute Gasteiger partial charge is 0.369 e. The molecule has 2 aromatic heterocycles. The Hall–Kier alpha value is -2.18. The first-order valence-corrected chi connectivity index (χ1v) is 3.40. The summed E-state index contributed by atoms with van der Waals surface area (Å²) in [6.07, 6.45) is 1.76. The van der Waals surface area contributed by atoms with Gasteiger partial charge in [-0.2, -0.15) is 4.98 Å². The van der Waals surface area contributed by atoms with Gasteiger partial charge in [0.15, 0.2) is 11.2 Å². The molecule has 7 heteroatoms. The van der Waals surface area contributed by atoms with Crippen LogP contribution in [0.25, 0.3) is 11.2 Å². The molecule has 0 spiro atoms. The lowest BCUT2D eigenvalue weighted by Crippen LogP contribution is -2.17. The van der Waals surface area contributed by atoms with E-state index < -0.39 is 5.56 Å². The summed E-state index contributed by atoms with van der Waals surface area (Å²) >= 11 is 0. The van der Waals surface area contributed by atoms with Crippen LogP contribution < -0.4 is 11.3 Å². The van der Waals surface area contributed by atoms with Gasteiger partial charge in [0.2, 0.25) is 12.4 Å². The Morgan fingerprint density at radius 2 is 2.38 bits per heavy atom. The summed E-state index contributed by atoms with van der Waals surface area (Å²) in [6, 6.07) is 0. The summed E-state index contributed by atoms with van der Waals surface area (Å²) in [5.74, 6) is -0.156. The van der Waals surface area contributed by atoms with Crippen molar-refractivity contribution < 1.29 is 4.79 Å². The Morgan fingerprint density at radius 3 is 3.08 bits per heavy atom. The zero-order valence-electron chi connectivity index (χ0n) is 6.39. The Bertz CT molecular complexity index is 525. The molecule has 66 valence electrons. The monoisotopic (exact) mass is 179 g/mol. The number of rotatable bonds is 1. The van der Waals surface area contributed by atoms with Crippen molar-refractivity contribution in [1.82, 2.24) is 19.5 Å². The fourth-order valence-corrected chi connectivity index (χ4v) is 1.06. The topological polar surface area (TPSA) is 107 Å². The van der Waals surface area contributed by atoms with E-state index in [-0.39, 0.29) is 17.1 Å². The molecular formula is C6H5N5O2. The summed E-state index contributed by atoms with van der Waals surface area (Å²) < 4.78 is 1.02. The zero-order valence-corrected chi connectivity index (χ0v) is 6.39. The number of nitrogens with zero attached hydrogens (tertiary/aromatic N) is 3. The molecule has 7 nitrogen and oxygen atoms in total. The van der Waals surface area contributed by atoms with E-state index in [1.807, 2.05) is 0 Å². The molecule has 0 bridgehead atoms. The molecule has 0 aliphatic carbocycles. The summed E-state index contributed by atoms with van der Waals surface area (Å²) in [7, 11) is 0. The molecule has 0 aliphatic rings. The van der Waals surface area contributed by atoms with E-state index in [0.29, 0.717) is 6.41 Å². The van der Waals surface area contributed by atoms with Crippen LogP contribution in [0.4, 0.5) is 5.95 Å². The fraction of sp³-hybridized carbons (Fsp3) is 0. The molecule has 0 unspecified atom stereocenters. The maximum absolute atomic E-state index is 11.1. The molecule has 13 heavy (non-hydrogen) atoms. The number of nitrogens with two attached hydrogens (primary N) is 1. The summed E-state index contributed by atoms with van der Waals surface area (Å²) in [6.45, 7) is 0. The number of nitrogen functional groups attached to an aromatic ring is 1. The quantitative estimate of drug-likeness (QED) is 0.531. The summed E-state index contributed by atoms with van der Waals surface area (Å²) in [5, 5.41) is 0. The Labute approximate surface area is 71.2 Å². The number of fused-ring (bicyclic) bond motifs is 1. The molecular weight excluding hydrogens is 174 g/mol. The van der Waals surface area contributed by atoms with E-state index >= 15 is 0 Å². The molecule has 0 saturated heterocycles. The number of hydrogen-bond donors (Lipinski definition) is 2. The van der Waals surface area contributed by atoms with Crippen LogP contribution in [0.2, 0.25) is 0 Å². The molecule has 2 rings (SSSR count). The van der Waals surface area contributed by atoms with Gasteiger partial charge in [-0.1, -0.05) is 0 Å². The fourth-order valence-electron chi connectivity index (χ4n) is 1.06. The Kier molecular flexibility index (Phi) is 1.38. The average molecular weight is 179 g/mol. The van der Waals surface area contributed by atoms with Gasteiger partial charge in [0, 0.05) is 0 Å². The third-order valence-electron chi connectivity index (χ3n) is 1.63.